The van der Waals surface area contributed by atoms with Crippen molar-refractivity contribution in [3.63, 3.8) is 0 Å². The first-order valence-corrected chi connectivity index (χ1v) is 6.09. The lowest BCUT2D eigenvalue weighted by Gasteiger charge is -2.29. The highest BCUT2D eigenvalue weighted by atomic mass is 16.5. The maximum atomic E-state index is 11.7. The molecule has 0 radical (unpaired) electrons. The van der Waals surface area contributed by atoms with Crippen molar-refractivity contribution in [1.29, 1.82) is 0 Å². The van der Waals surface area contributed by atoms with Gasteiger partial charge in [0.1, 0.15) is 6.10 Å². The number of esters is 1. The third-order valence-electron chi connectivity index (χ3n) is 3.41. The molecule has 15 heavy (non-hydrogen) atoms. The summed E-state index contributed by atoms with van der Waals surface area (Å²) in [5, 5.41) is 0. The van der Waals surface area contributed by atoms with Gasteiger partial charge in [-0.05, 0) is 31.6 Å². The van der Waals surface area contributed by atoms with E-state index < -0.39 is 0 Å². The van der Waals surface area contributed by atoms with Crippen molar-refractivity contribution < 1.29 is 9.53 Å². The van der Waals surface area contributed by atoms with E-state index in [0.29, 0.717) is 12.5 Å². The molecule has 1 fully saturated rings. The molecule has 3 heteroatoms. The summed E-state index contributed by atoms with van der Waals surface area (Å²) in [7, 11) is 0. The summed E-state index contributed by atoms with van der Waals surface area (Å²) in [5.41, 5.74) is 5.52. The minimum Gasteiger partial charge on any atom is -0.462 e. The second-order valence-electron chi connectivity index (χ2n) is 4.58. The highest BCUT2D eigenvalue weighted by Crippen LogP contribution is 2.27. The predicted octanol–water partition coefficient (Wildman–Crippen LogP) is 2.09. The van der Waals surface area contributed by atoms with Gasteiger partial charge in [0.2, 0.25) is 0 Å². The van der Waals surface area contributed by atoms with Crippen LogP contribution in [-0.2, 0) is 9.53 Å². The first kappa shape index (κ1) is 12.5. The Morgan fingerprint density at radius 2 is 2.13 bits per heavy atom. The van der Waals surface area contributed by atoms with Crippen LogP contribution in [0, 0.1) is 11.8 Å². The molecule has 0 aromatic heterocycles. The van der Waals surface area contributed by atoms with Crippen LogP contribution in [0.25, 0.3) is 0 Å². The van der Waals surface area contributed by atoms with Crippen molar-refractivity contribution in [2.24, 2.45) is 17.6 Å². The molecule has 1 aliphatic carbocycles. The molecule has 1 rings (SSSR count). The number of nitrogens with two attached hydrogens (primary N) is 1. The number of ether oxygens (including phenoxy) is 1. The third-order valence-corrected chi connectivity index (χ3v) is 3.41. The molecular weight excluding hydrogens is 190 g/mol. The Kier molecular flexibility index (Phi) is 5.09. The lowest BCUT2D eigenvalue weighted by Crippen LogP contribution is -2.33. The average Bonchev–Trinajstić information content (AvgIpc) is 2.23. The van der Waals surface area contributed by atoms with E-state index in [1.54, 1.807) is 0 Å². The molecule has 1 saturated carbocycles. The van der Waals surface area contributed by atoms with E-state index in [-0.39, 0.29) is 18.0 Å². The maximum absolute atomic E-state index is 11.7. The number of carbonyl (C=O) groups is 1. The summed E-state index contributed by atoms with van der Waals surface area (Å²) in [4.78, 5) is 11.7. The van der Waals surface area contributed by atoms with E-state index >= 15 is 0 Å². The van der Waals surface area contributed by atoms with Crippen molar-refractivity contribution >= 4 is 5.97 Å². The van der Waals surface area contributed by atoms with E-state index in [4.69, 9.17) is 10.5 Å². The van der Waals surface area contributed by atoms with Gasteiger partial charge in [-0.3, -0.25) is 4.79 Å². The fourth-order valence-electron chi connectivity index (χ4n) is 2.13. The molecule has 1 aliphatic rings. The number of rotatable bonds is 4. The topological polar surface area (TPSA) is 52.3 Å². The van der Waals surface area contributed by atoms with Crippen molar-refractivity contribution in [1.82, 2.24) is 0 Å². The summed E-state index contributed by atoms with van der Waals surface area (Å²) in [6, 6.07) is 0. The fraction of sp³-hybridized carbons (Fsp3) is 0.917. The molecular formula is C12H23NO2. The van der Waals surface area contributed by atoms with Crippen LogP contribution < -0.4 is 5.73 Å². The summed E-state index contributed by atoms with van der Waals surface area (Å²) < 4.78 is 5.53. The van der Waals surface area contributed by atoms with E-state index in [2.05, 4.69) is 6.92 Å². The van der Waals surface area contributed by atoms with Crippen LogP contribution in [0.5, 0.6) is 0 Å². The third kappa shape index (κ3) is 3.49. The lowest BCUT2D eigenvalue weighted by atomic mass is 9.88. The largest absolute Gasteiger partial charge is 0.462 e. The van der Waals surface area contributed by atoms with Gasteiger partial charge >= 0.3 is 5.97 Å². The van der Waals surface area contributed by atoms with E-state index in [1.165, 1.54) is 19.3 Å². The molecule has 2 N–H and O–H groups in total. The maximum Gasteiger partial charge on any atom is 0.310 e. The molecule has 0 aliphatic heterocycles. The number of hydrogen-bond acceptors (Lipinski definition) is 3. The van der Waals surface area contributed by atoms with Crippen molar-refractivity contribution in [3.8, 4) is 0 Å². The monoisotopic (exact) mass is 213 g/mol. The van der Waals surface area contributed by atoms with Crippen LogP contribution in [-0.4, -0.2) is 18.6 Å². The quantitative estimate of drug-likeness (QED) is 0.727. The smallest absolute Gasteiger partial charge is 0.310 e. The summed E-state index contributed by atoms with van der Waals surface area (Å²) >= 11 is 0. The van der Waals surface area contributed by atoms with Gasteiger partial charge in [-0.1, -0.05) is 20.3 Å². The highest BCUT2D eigenvalue weighted by molar-refractivity contribution is 5.72. The van der Waals surface area contributed by atoms with Crippen LogP contribution in [0.1, 0.15) is 46.0 Å². The molecule has 3 nitrogen and oxygen atoms in total. The minimum absolute atomic E-state index is 0.0984. The van der Waals surface area contributed by atoms with E-state index in [0.717, 1.165) is 12.8 Å². The first-order valence-electron chi connectivity index (χ1n) is 6.09. The normalized spacial score (nSPS) is 28.5. The Morgan fingerprint density at radius 3 is 2.67 bits per heavy atom. The average molecular weight is 213 g/mol. The lowest BCUT2D eigenvalue weighted by molar-refractivity contribution is -0.158. The zero-order valence-electron chi connectivity index (χ0n) is 9.87. The SMILES string of the molecule is CCC(CN)C(=O)OC1CCCCC1C. The van der Waals surface area contributed by atoms with Gasteiger partial charge in [-0.2, -0.15) is 0 Å². The highest BCUT2D eigenvalue weighted by Gasteiger charge is 2.27. The number of hydrogen-bond donors (Lipinski definition) is 1. The summed E-state index contributed by atoms with van der Waals surface area (Å²) in [5.74, 6) is 0.302. The Labute approximate surface area is 92.4 Å². The molecule has 0 aromatic rings. The van der Waals surface area contributed by atoms with Gasteiger partial charge in [0.05, 0.1) is 5.92 Å². The molecule has 0 amide bonds. The Bertz CT molecular complexity index is 202. The van der Waals surface area contributed by atoms with Gasteiger partial charge in [-0.15, -0.1) is 0 Å². The van der Waals surface area contributed by atoms with Crippen LogP contribution in [0.15, 0.2) is 0 Å². The predicted molar refractivity (Wildman–Crippen MR) is 60.3 cm³/mol. The molecule has 0 spiro atoms. The Balaban J connectivity index is 2.41. The van der Waals surface area contributed by atoms with Gasteiger partial charge in [-0.25, -0.2) is 0 Å². The Morgan fingerprint density at radius 1 is 1.47 bits per heavy atom. The zero-order valence-corrected chi connectivity index (χ0v) is 9.87. The molecule has 3 unspecified atom stereocenters. The Hall–Kier alpha value is -0.570. The van der Waals surface area contributed by atoms with Gasteiger partial charge < -0.3 is 10.5 Å². The van der Waals surface area contributed by atoms with E-state index in [1.807, 2.05) is 6.92 Å². The van der Waals surface area contributed by atoms with Crippen LogP contribution in [0.2, 0.25) is 0 Å². The van der Waals surface area contributed by atoms with Gasteiger partial charge in [0, 0.05) is 6.54 Å². The molecule has 0 saturated heterocycles. The van der Waals surface area contributed by atoms with E-state index in [9.17, 15) is 4.79 Å². The second-order valence-corrected chi connectivity index (χ2v) is 4.58. The minimum atomic E-state index is -0.112. The van der Waals surface area contributed by atoms with Gasteiger partial charge in [0.15, 0.2) is 0 Å². The van der Waals surface area contributed by atoms with Crippen molar-refractivity contribution in [3.05, 3.63) is 0 Å². The fourth-order valence-corrected chi connectivity index (χ4v) is 2.13. The van der Waals surface area contributed by atoms with Crippen molar-refractivity contribution in [2.45, 2.75) is 52.1 Å². The van der Waals surface area contributed by atoms with Crippen LogP contribution >= 0.6 is 0 Å². The standard InChI is InChI=1S/C12H23NO2/c1-3-10(8-13)12(14)15-11-7-5-4-6-9(11)2/h9-11H,3-8,13H2,1-2H3. The van der Waals surface area contributed by atoms with Crippen LogP contribution in [0.4, 0.5) is 0 Å². The molecule has 0 heterocycles. The number of carbonyl (C=O) groups excluding carboxylic acids is 1. The molecule has 88 valence electrons. The zero-order chi connectivity index (χ0) is 11.3. The van der Waals surface area contributed by atoms with Crippen LogP contribution in [0.3, 0.4) is 0 Å². The molecule has 0 bridgehead atoms. The molecule has 0 aromatic carbocycles. The van der Waals surface area contributed by atoms with Gasteiger partial charge in [0.25, 0.3) is 0 Å². The van der Waals surface area contributed by atoms with Crippen molar-refractivity contribution in [2.75, 3.05) is 6.54 Å². The second kappa shape index (κ2) is 6.11. The summed E-state index contributed by atoms with van der Waals surface area (Å²) in [6.07, 6.45) is 5.55. The molecule has 3 atom stereocenters. The summed E-state index contributed by atoms with van der Waals surface area (Å²) in [6.45, 7) is 4.54. The first-order chi connectivity index (χ1) is 7.19.